The number of nitrogens with one attached hydrogen (secondary N) is 1. The molecule has 11 heavy (non-hydrogen) atoms. The summed E-state index contributed by atoms with van der Waals surface area (Å²) in [6.45, 7) is 2.23. The highest BCUT2D eigenvalue weighted by atomic mass is 32.2. The number of hydrogen-bond donors (Lipinski definition) is 2. The molecule has 0 aromatic heterocycles. The molecule has 0 bridgehead atoms. The molecule has 2 unspecified atom stereocenters. The van der Waals surface area contributed by atoms with E-state index in [4.69, 9.17) is 5.11 Å². The lowest BCUT2D eigenvalue weighted by Gasteiger charge is -2.14. The Morgan fingerprint density at radius 2 is 2.55 bits per heavy atom. The zero-order chi connectivity index (χ0) is 8.27. The summed E-state index contributed by atoms with van der Waals surface area (Å²) in [5.41, 5.74) is 0. The quantitative estimate of drug-likeness (QED) is 0.658. The van der Waals surface area contributed by atoms with Crippen molar-refractivity contribution in [2.75, 3.05) is 12.3 Å². The van der Waals surface area contributed by atoms with Crippen molar-refractivity contribution in [3.8, 4) is 0 Å². The van der Waals surface area contributed by atoms with E-state index in [2.05, 4.69) is 12.2 Å². The van der Waals surface area contributed by atoms with Gasteiger partial charge in [0.15, 0.2) is 0 Å². The maximum atomic E-state index is 10.2. The smallest absolute Gasteiger partial charge is 0.317 e. The number of carboxylic acid groups (broad SMARTS) is 1. The monoisotopic (exact) mass is 175 g/mol. The van der Waals surface area contributed by atoms with Gasteiger partial charge in [-0.3, -0.25) is 4.79 Å². The molecule has 0 radical (unpaired) electrons. The number of thioether (sulfide) groups is 1. The van der Waals surface area contributed by atoms with Crippen molar-refractivity contribution in [1.29, 1.82) is 0 Å². The van der Waals surface area contributed by atoms with Gasteiger partial charge in [0.1, 0.15) is 0 Å². The maximum absolute atomic E-state index is 10.2. The average molecular weight is 175 g/mol. The lowest BCUT2D eigenvalue weighted by Crippen LogP contribution is -2.36. The lowest BCUT2D eigenvalue weighted by molar-refractivity contribution is -0.136. The Morgan fingerprint density at radius 1 is 1.82 bits per heavy atom. The molecule has 1 aliphatic rings. The second kappa shape index (κ2) is 3.97. The third-order valence-corrected chi connectivity index (χ3v) is 3.22. The van der Waals surface area contributed by atoms with Crippen LogP contribution in [-0.2, 0) is 4.79 Å². The molecule has 1 aliphatic heterocycles. The Morgan fingerprint density at radius 3 is 3.00 bits per heavy atom. The Balaban J connectivity index is 2.20. The molecule has 1 fully saturated rings. The van der Waals surface area contributed by atoms with Crippen molar-refractivity contribution in [3.63, 3.8) is 0 Å². The largest absolute Gasteiger partial charge is 0.480 e. The summed E-state index contributed by atoms with van der Waals surface area (Å²) < 4.78 is 0. The average Bonchev–Trinajstić information content (AvgIpc) is 2.31. The van der Waals surface area contributed by atoms with E-state index < -0.39 is 5.97 Å². The summed E-state index contributed by atoms with van der Waals surface area (Å²) in [7, 11) is 0. The first-order chi connectivity index (χ1) is 5.20. The predicted octanol–water partition coefficient (Wildman–Crippen LogP) is 0.555. The summed E-state index contributed by atoms with van der Waals surface area (Å²) in [5, 5.41) is 12.0. The van der Waals surface area contributed by atoms with Gasteiger partial charge in [0.2, 0.25) is 0 Å². The van der Waals surface area contributed by atoms with E-state index in [1.165, 1.54) is 0 Å². The number of carbonyl (C=O) groups is 1. The fourth-order valence-corrected chi connectivity index (χ4v) is 2.44. The number of aliphatic carboxylic acids is 1. The number of hydrogen-bond acceptors (Lipinski definition) is 3. The highest BCUT2D eigenvalue weighted by Crippen LogP contribution is 2.25. The van der Waals surface area contributed by atoms with Crippen molar-refractivity contribution in [2.45, 2.75) is 24.6 Å². The highest BCUT2D eigenvalue weighted by molar-refractivity contribution is 8.00. The van der Waals surface area contributed by atoms with Crippen molar-refractivity contribution < 1.29 is 9.90 Å². The van der Waals surface area contributed by atoms with Gasteiger partial charge in [-0.25, -0.2) is 0 Å². The molecule has 0 saturated carbocycles. The van der Waals surface area contributed by atoms with Crippen LogP contribution in [0.25, 0.3) is 0 Å². The van der Waals surface area contributed by atoms with E-state index in [9.17, 15) is 4.79 Å². The molecule has 0 spiro atoms. The molecular formula is C7H13NO2S. The normalized spacial score (nSPS) is 30.6. The molecule has 4 heteroatoms. The molecule has 64 valence electrons. The Labute approximate surface area is 70.6 Å². The van der Waals surface area contributed by atoms with Crippen molar-refractivity contribution in [3.05, 3.63) is 0 Å². The summed E-state index contributed by atoms with van der Waals surface area (Å²) in [5.74, 6) is 0.382. The van der Waals surface area contributed by atoms with Gasteiger partial charge in [-0.2, -0.15) is 11.8 Å². The van der Waals surface area contributed by atoms with Crippen LogP contribution >= 0.6 is 11.8 Å². The first kappa shape index (κ1) is 8.87. The topological polar surface area (TPSA) is 49.3 Å². The van der Waals surface area contributed by atoms with Gasteiger partial charge >= 0.3 is 5.97 Å². The van der Waals surface area contributed by atoms with E-state index in [1.54, 1.807) is 0 Å². The molecule has 1 rings (SSSR count). The highest BCUT2D eigenvalue weighted by Gasteiger charge is 2.23. The van der Waals surface area contributed by atoms with Crippen LogP contribution in [0.2, 0.25) is 0 Å². The number of rotatable bonds is 3. The fourth-order valence-electron chi connectivity index (χ4n) is 1.22. The van der Waals surface area contributed by atoms with E-state index in [1.807, 2.05) is 11.8 Å². The Hall–Kier alpha value is -0.220. The van der Waals surface area contributed by atoms with Crippen molar-refractivity contribution in [1.82, 2.24) is 5.32 Å². The Kier molecular flexibility index (Phi) is 3.20. The standard InChI is InChI=1S/C7H13NO2S/c1-5-6(2-3-11-5)8-4-7(9)10/h5-6,8H,2-4H2,1H3,(H,9,10). The summed E-state index contributed by atoms with van der Waals surface area (Å²) in [4.78, 5) is 10.2. The van der Waals surface area contributed by atoms with Crippen molar-refractivity contribution >= 4 is 17.7 Å². The number of carboxylic acids is 1. The Bertz CT molecular complexity index is 151. The first-order valence-electron chi connectivity index (χ1n) is 3.77. The zero-order valence-electron chi connectivity index (χ0n) is 6.54. The molecule has 0 aromatic rings. The second-order valence-electron chi connectivity index (χ2n) is 2.75. The van der Waals surface area contributed by atoms with Crippen LogP contribution in [0, 0.1) is 0 Å². The maximum Gasteiger partial charge on any atom is 0.317 e. The predicted molar refractivity (Wildman–Crippen MR) is 46.0 cm³/mol. The van der Waals surface area contributed by atoms with Crippen LogP contribution in [0.4, 0.5) is 0 Å². The molecule has 3 nitrogen and oxygen atoms in total. The van der Waals surface area contributed by atoms with E-state index in [0.717, 1.165) is 12.2 Å². The summed E-state index contributed by atoms with van der Waals surface area (Å²) in [6, 6.07) is 0.399. The second-order valence-corrected chi connectivity index (χ2v) is 4.23. The molecule has 1 heterocycles. The van der Waals surface area contributed by atoms with Gasteiger partial charge in [-0.15, -0.1) is 0 Å². The first-order valence-corrected chi connectivity index (χ1v) is 4.82. The van der Waals surface area contributed by atoms with Crippen molar-refractivity contribution in [2.24, 2.45) is 0 Å². The molecule has 1 saturated heterocycles. The fraction of sp³-hybridized carbons (Fsp3) is 0.857. The van der Waals surface area contributed by atoms with E-state index in [-0.39, 0.29) is 6.54 Å². The minimum atomic E-state index is -0.769. The molecule has 0 aliphatic carbocycles. The van der Waals surface area contributed by atoms with Crippen LogP contribution in [0.15, 0.2) is 0 Å². The molecule has 0 amide bonds. The van der Waals surface area contributed by atoms with Gasteiger partial charge in [0.05, 0.1) is 6.54 Å². The van der Waals surface area contributed by atoms with Crippen LogP contribution < -0.4 is 5.32 Å². The third-order valence-electron chi connectivity index (χ3n) is 1.89. The zero-order valence-corrected chi connectivity index (χ0v) is 7.36. The van der Waals surface area contributed by atoms with Crippen LogP contribution in [0.1, 0.15) is 13.3 Å². The molecule has 2 atom stereocenters. The van der Waals surface area contributed by atoms with Crippen LogP contribution in [-0.4, -0.2) is 34.7 Å². The lowest BCUT2D eigenvalue weighted by atomic mass is 10.2. The summed E-state index contributed by atoms with van der Waals surface area (Å²) >= 11 is 1.90. The van der Waals surface area contributed by atoms with E-state index in [0.29, 0.717) is 11.3 Å². The summed E-state index contributed by atoms with van der Waals surface area (Å²) in [6.07, 6.45) is 1.10. The van der Waals surface area contributed by atoms with Gasteiger partial charge in [0, 0.05) is 11.3 Å². The van der Waals surface area contributed by atoms with Gasteiger partial charge in [0.25, 0.3) is 0 Å². The SMILES string of the molecule is CC1SCCC1NCC(=O)O. The van der Waals surface area contributed by atoms with Crippen LogP contribution in [0.3, 0.4) is 0 Å². The minimum absolute atomic E-state index is 0.0928. The molecule has 2 N–H and O–H groups in total. The van der Waals surface area contributed by atoms with Gasteiger partial charge in [-0.1, -0.05) is 6.92 Å². The molecule has 0 aromatic carbocycles. The van der Waals surface area contributed by atoms with E-state index >= 15 is 0 Å². The molecular weight excluding hydrogens is 162 g/mol. The third kappa shape index (κ3) is 2.71. The minimum Gasteiger partial charge on any atom is -0.480 e. The van der Waals surface area contributed by atoms with Crippen LogP contribution in [0.5, 0.6) is 0 Å². The van der Waals surface area contributed by atoms with Gasteiger partial charge in [-0.05, 0) is 12.2 Å². The van der Waals surface area contributed by atoms with Gasteiger partial charge < -0.3 is 10.4 Å².